The zero-order valence-electron chi connectivity index (χ0n) is 19.5. The lowest BCUT2D eigenvalue weighted by atomic mass is 9.81. The Kier molecular flexibility index (Phi) is 8.53. The predicted molar refractivity (Wildman–Crippen MR) is 131 cm³/mol. The molecule has 30 heavy (non-hydrogen) atoms. The largest absolute Gasteiger partial charge is 0.330 e. The maximum Gasteiger partial charge on any atom is 0.0234 e. The maximum absolute atomic E-state index is 5.89. The Morgan fingerprint density at radius 2 is 1.90 bits per heavy atom. The van der Waals surface area contributed by atoms with E-state index in [1.807, 2.05) is 6.08 Å². The van der Waals surface area contributed by atoms with E-state index < -0.39 is 0 Å². The lowest BCUT2D eigenvalue weighted by molar-refractivity contribution is 0.162. The molecule has 1 aromatic rings. The van der Waals surface area contributed by atoms with Crippen LogP contribution in [0.5, 0.6) is 0 Å². The van der Waals surface area contributed by atoms with Crippen LogP contribution in [0.15, 0.2) is 48.6 Å². The molecule has 2 aliphatic carbocycles. The van der Waals surface area contributed by atoms with Crippen molar-refractivity contribution in [3.8, 4) is 0 Å². The fourth-order valence-electron chi connectivity index (χ4n) is 5.24. The van der Waals surface area contributed by atoms with Crippen LogP contribution in [0.4, 0.5) is 0 Å². The summed E-state index contributed by atoms with van der Waals surface area (Å²) >= 11 is 0. The van der Waals surface area contributed by atoms with Gasteiger partial charge in [-0.25, -0.2) is 0 Å². The first kappa shape index (κ1) is 23.0. The highest BCUT2D eigenvalue weighted by Crippen LogP contribution is 2.35. The van der Waals surface area contributed by atoms with Crippen LogP contribution >= 0.6 is 0 Å². The van der Waals surface area contributed by atoms with Crippen LogP contribution in [0.2, 0.25) is 0 Å². The van der Waals surface area contributed by atoms with Crippen molar-refractivity contribution in [1.82, 2.24) is 4.90 Å². The summed E-state index contributed by atoms with van der Waals surface area (Å²) in [6.07, 6.45) is 14.0. The van der Waals surface area contributed by atoms with Gasteiger partial charge in [0.1, 0.15) is 0 Å². The third-order valence-corrected chi connectivity index (χ3v) is 6.80. The molecule has 0 aromatic heterocycles. The van der Waals surface area contributed by atoms with Gasteiger partial charge < -0.3 is 5.73 Å². The first-order valence-electron chi connectivity index (χ1n) is 12.1. The highest BCUT2D eigenvalue weighted by Gasteiger charge is 2.23. The first-order chi connectivity index (χ1) is 14.5. The van der Waals surface area contributed by atoms with Gasteiger partial charge in [-0.05, 0) is 90.7 Å². The van der Waals surface area contributed by atoms with Gasteiger partial charge in [0.25, 0.3) is 0 Å². The number of nitrogens with two attached hydrogens (primary N) is 1. The smallest absolute Gasteiger partial charge is 0.0234 e. The predicted octanol–water partition coefficient (Wildman–Crippen LogP) is 6.37. The molecule has 0 aliphatic heterocycles. The lowest BCUT2D eigenvalue weighted by Gasteiger charge is -2.33. The molecule has 0 spiro atoms. The van der Waals surface area contributed by atoms with Crippen molar-refractivity contribution in [2.75, 3.05) is 19.6 Å². The van der Waals surface area contributed by atoms with Crippen molar-refractivity contribution >= 4 is 5.57 Å². The molecular weight excluding hydrogens is 364 g/mol. The van der Waals surface area contributed by atoms with E-state index in [0.717, 1.165) is 37.8 Å². The molecule has 0 atom stereocenters. The van der Waals surface area contributed by atoms with Crippen LogP contribution in [0, 0.1) is 17.8 Å². The number of nitrogens with zero attached hydrogens (tertiary/aromatic N) is 1. The van der Waals surface area contributed by atoms with E-state index in [1.165, 1.54) is 66.6 Å². The van der Waals surface area contributed by atoms with Crippen molar-refractivity contribution in [3.63, 3.8) is 0 Å². The van der Waals surface area contributed by atoms with Crippen LogP contribution in [0.25, 0.3) is 5.57 Å². The summed E-state index contributed by atoms with van der Waals surface area (Å²) in [5.74, 6) is 2.29. The van der Waals surface area contributed by atoms with Gasteiger partial charge in [-0.15, -0.1) is 0 Å². The minimum atomic E-state index is 0.694. The summed E-state index contributed by atoms with van der Waals surface area (Å²) in [4.78, 5) is 2.70. The minimum Gasteiger partial charge on any atom is -0.330 e. The van der Waals surface area contributed by atoms with E-state index in [0.29, 0.717) is 5.92 Å². The number of hydrogen-bond donors (Lipinski definition) is 1. The van der Waals surface area contributed by atoms with Gasteiger partial charge in [0, 0.05) is 19.6 Å². The number of benzene rings is 1. The summed E-state index contributed by atoms with van der Waals surface area (Å²) < 4.78 is 0. The van der Waals surface area contributed by atoms with E-state index in [1.54, 1.807) is 0 Å². The molecule has 0 saturated heterocycles. The molecule has 2 aliphatic rings. The fourth-order valence-corrected chi connectivity index (χ4v) is 5.24. The standard InChI is InChI=1S/C28H42N2/c1-5-7-8-27-25(6-2)16-26-15-24(13-14-28(26)27)20-30(18-21(3)4)19-23-11-9-22(17-29)10-12-23/h6-8,13-15,21-23H,2,5,9-12,16-20,29H2,1,3-4H3/b8-7-. The van der Waals surface area contributed by atoms with E-state index >= 15 is 0 Å². The van der Waals surface area contributed by atoms with E-state index in [4.69, 9.17) is 5.73 Å². The average Bonchev–Trinajstić information content (AvgIpc) is 3.09. The Bertz CT molecular complexity index is 763. The highest BCUT2D eigenvalue weighted by atomic mass is 15.1. The quantitative estimate of drug-likeness (QED) is 0.489. The van der Waals surface area contributed by atoms with Gasteiger partial charge in [0.15, 0.2) is 0 Å². The van der Waals surface area contributed by atoms with Gasteiger partial charge in [0.05, 0.1) is 0 Å². The van der Waals surface area contributed by atoms with E-state index in [2.05, 4.69) is 62.6 Å². The van der Waals surface area contributed by atoms with E-state index in [9.17, 15) is 0 Å². The van der Waals surface area contributed by atoms with Gasteiger partial charge in [-0.1, -0.05) is 63.8 Å². The molecule has 0 radical (unpaired) electrons. The molecular formula is C28H42N2. The molecule has 1 aromatic carbocycles. The van der Waals surface area contributed by atoms with Crippen LogP contribution in [-0.2, 0) is 13.0 Å². The number of fused-ring (bicyclic) bond motifs is 1. The molecule has 1 saturated carbocycles. The van der Waals surface area contributed by atoms with Crippen molar-refractivity contribution in [3.05, 3.63) is 65.3 Å². The molecule has 1 fully saturated rings. The lowest BCUT2D eigenvalue weighted by Crippen LogP contribution is -2.34. The van der Waals surface area contributed by atoms with Crippen molar-refractivity contribution in [2.45, 2.75) is 65.8 Å². The second kappa shape index (κ2) is 11.1. The molecule has 0 bridgehead atoms. The van der Waals surface area contributed by atoms with Crippen LogP contribution in [-0.4, -0.2) is 24.5 Å². The van der Waals surface area contributed by atoms with Crippen LogP contribution < -0.4 is 5.73 Å². The Morgan fingerprint density at radius 1 is 1.17 bits per heavy atom. The third kappa shape index (κ3) is 5.95. The zero-order valence-corrected chi connectivity index (χ0v) is 19.5. The number of hydrogen-bond acceptors (Lipinski definition) is 2. The molecule has 2 nitrogen and oxygen atoms in total. The maximum atomic E-state index is 5.89. The van der Waals surface area contributed by atoms with Crippen molar-refractivity contribution in [1.29, 1.82) is 0 Å². The SMILES string of the molecule is C=CC1=C(/C=C\CC)c2ccc(CN(CC(C)C)CC3CCC(CN)CC3)cc2C1. The normalized spacial score (nSPS) is 21.8. The van der Waals surface area contributed by atoms with Gasteiger partial charge in [0.2, 0.25) is 0 Å². The van der Waals surface area contributed by atoms with Crippen molar-refractivity contribution < 1.29 is 0 Å². The summed E-state index contributed by atoms with van der Waals surface area (Å²) in [6, 6.07) is 7.14. The van der Waals surface area contributed by atoms with Crippen LogP contribution in [0.3, 0.4) is 0 Å². The van der Waals surface area contributed by atoms with Gasteiger partial charge in [-0.2, -0.15) is 0 Å². The second-order valence-electron chi connectivity index (χ2n) is 9.83. The molecule has 2 heteroatoms. The average molecular weight is 407 g/mol. The topological polar surface area (TPSA) is 29.3 Å². The first-order valence-corrected chi connectivity index (χ1v) is 12.1. The van der Waals surface area contributed by atoms with Crippen molar-refractivity contribution in [2.24, 2.45) is 23.5 Å². The summed E-state index contributed by atoms with van der Waals surface area (Å²) in [7, 11) is 0. The second-order valence-corrected chi connectivity index (χ2v) is 9.83. The van der Waals surface area contributed by atoms with Gasteiger partial charge >= 0.3 is 0 Å². The molecule has 2 N–H and O–H groups in total. The molecule has 0 amide bonds. The molecule has 164 valence electrons. The number of rotatable bonds is 10. The fraction of sp³-hybridized carbons (Fsp3) is 0.571. The summed E-state index contributed by atoms with van der Waals surface area (Å²) in [5, 5.41) is 0. The van der Waals surface area contributed by atoms with Gasteiger partial charge in [-0.3, -0.25) is 4.90 Å². The zero-order chi connectivity index (χ0) is 21.5. The Labute approximate surface area is 184 Å². The van der Waals surface area contributed by atoms with E-state index in [-0.39, 0.29) is 0 Å². The Morgan fingerprint density at radius 3 is 2.53 bits per heavy atom. The summed E-state index contributed by atoms with van der Waals surface area (Å²) in [6.45, 7) is 15.3. The molecule has 0 unspecified atom stereocenters. The summed E-state index contributed by atoms with van der Waals surface area (Å²) in [5.41, 5.74) is 12.9. The third-order valence-electron chi connectivity index (χ3n) is 6.80. The molecule has 0 heterocycles. The Balaban J connectivity index is 1.69. The monoisotopic (exact) mass is 406 g/mol. The molecule has 3 rings (SSSR count). The highest BCUT2D eigenvalue weighted by molar-refractivity contribution is 5.84. The number of allylic oxidation sites excluding steroid dienone is 5. The minimum absolute atomic E-state index is 0.694. The Hall–Kier alpha value is -1.64. The van der Waals surface area contributed by atoms with Crippen LogP contribution in [0.1, 0.15) is 69.6 Å².